The smallest absolute Gasteiger partial charge is 0.124 e. The van der Waals surface area contributed by atoms with Gasteiger partial charge in [0.15, 0.2) is 0 Å². The van der Waals surface area contributed by atoms with Gasteiger partial charge in [0.1, 0.15) is 11.6 Å². The third-order valence-corrected chi connectivity index (χ3v) is 3.73. The summed E-state index contributed by atoms with van der Waals surface area (Å²) in [5.74, 6) is 0.659. The van der Waals surface area contributed by atoms with Gasteiger partial charge in [-0.25, -0.2) is 9.37 Å². The van der Waals surface area contributed by atoms with E-state index in [1.807, 2.05) is 0 Å². The van der Waals surface area contributed by atoms with Gasteiger partial charge in [0.25, 0.3) is 0 Å². The third-order valence-electron chi connectivity index (χ3n) is 2.23. The highest BCUT2D eigenvalue weighted by Gasteiger charge is 2.13. The molecular formula is C11H9Br2FN2. The summed E-state index contributed by atoms with van der Waals surface area (Å²) in [4.78, 5) is 7.30. The predicted molar refractivity (Wildman–Crippen MR) is 68.1 cm³/mol. The molecule has 1 N–H and O–H groups in total. The minimum atomic E-state index is -0.242. The van der Waals surface area contributed by atoms with Gasteiger partial charge in [-0.2, -0.15) is 0 Å². The summed E-state index contributed by atoms with van der Waals surface area (Å²) >= 11 is 6.92. The van der Waals surface area contributed by atoms with Gasteiger partial charge in [0.05, 0.1) is 0 Å². The lowest BCUT2D eigenvalue weighted by molar-refractivity contribution is 0.625. The van der Waals surface area contributed by atoms with Crippen LogP contribution in [0.3, 0.4) is 0 Å². The monoisotopic (exact) mass is 346 g/mol. The highest BCUT2D eigenvalue weighted by molar-refractivity contribution is 9.11. The fourth-order valence-electron chi connectivity index (χ4n) is 1.44. The summed E-state index contributed by atoms with van der Waals surface area (Å²) in [5, 5.41) is 0. The molecule has 16 heavy (non-hydrogen) atoms. The second kappa shape index (κ2) is 5.10. The van der Waals surface area contributed by atoms with Crippen LogP contribution in [0.1, 0.15) is 16.2 Å². The van der Waals surface area contributed by atoms with E-state index < -0.39 is 0 Å². The molecule has 1 unspecified atom stereocenters. The molecule has 0 radical (unpaired) electrons. The minimum Gasteiger partial charge on any atom is -0.349 e. The summed E-state index contributed by atoms with van der Waals surface area (Å²) in [7, 11) is 0. The summed E-state index contributed by atoms with van der Waals surface area (Å²) in [6.07, 6.45) is 4.24. The number of hydrogen-bond acceptors (Lipinski definition) is 1. The number of hydrogen-bond donors (Lipinski definition) is 1. The Kier molecular flexibility index (Phi) is 3.76. The van der Waals surface area contributed by atoms with Crippen molar-refractivity contribution in [3.05, 3.63) is 52.3 Å². The summed E-state index contributed by atoms with van der Waals surface area (Å²) in [5.41, 5.74) is 1.01. The minimum absolute atomic E-state index is 0.105. The maximum absolute atomic E-state index is 12.9. The van der Waals surface area contributed by atoms with Crippen LogP contribution in [0.15, 0.2) is 35.1 Å². The van der Waals surface area contributed by atoms with Crippen LogP contribution in [0.2, 0.25) is 0 Å². The largest absolute Gasteiger partial charge is 0.349 e. The molecule has 0 spiro atoms. The topological polar surface area (TPSA) is 28.7 Å². The number of rotatable bonds is 3. The van der Waals surface area contributed by atoms with Crippen molar-refractivity contribution in [1.29, 1.82) is 0 Å². The average Bonchev–Trinajstić information content (AvgIpc) is 2.70. The second-order valence-electron chi connectivity index (χ2n) is 3.37. The van der Waals surface area contributed by atoms with Crippen molar-refractivity contribution in [1.82, 2.24) is 9.97 Å². The molecule has 0 saturated heterocycles. The Balaban J connectivity index is 2.17. The van der Waals surface area contributed by atoms with Crippen LogP contribution < -0.4 is 0 Å². The van der Waals surface area contributed by atoms with Gasteiger partial charge in [-0.1, -0.05) is 37.9 Å². The summed E-state index contributed by atoms with van der Waals surface area (Å²) < 4.78 is 13.7. The molecule has 0 aliphatic carbocycles. The fraction of sp³-hybridized carbons (Fsp3) is 0.182. The number of nitrogens with one attached hydrogen (secondary N) is 1. The second-order valence-corrected chi connectivity index (χ2v) is 5.33. The highest BCUT2D eigenvalue weighted by atomic mass is 79.9. The first kappa shape index (κ1) is 11.8. The van der Waals surface area contributed by atoms with Crippen molar-refractivity contribution in [2.75, 3.05) is 0 Å². The van der Waals surface area contributed by atoms with Crippen molar-refractivity contribution >= 4 is 31.9 Å². The van der Waals surface area contributed by atoms with E-state index in [1.54, 1.807) is 18.5 Å². The van der Waals surface area contributed by atoms with Gasteiger partial charge in [-0.3, -0.25) is 0 Å². The van der Waals surface area contributed by atoms with Crippen molar-refractivity contribution in [3.8, 4) is 0 Å². The Hall–Kier alpha value is -0.680. The first-order valence-corrected chi connectivity index (χ1v) is 6.45. The first-order chi connectivity index (χ1) is 7.66. The molecule has 2 rings (SSSR count). The van der Waals surface area contributed by atoms with E-state index >= 15 is 0 Å². The van der Waals surface area contributed by atoms with Crippen molar-refractivity contribution < 1.29 is 4.39 Å². The summed E-state index contributed by atoms with van der Waals surface area (Å²) in [6, 6.07) is 4.68. The Labute approximate surface area is 110 Å². The van der Waals surface area contributed by atoms with Crippen molar-refractivity contribution in [3.63, 3.8) is 0 Å². The van der Waals surface area contributed by atoms with E-state index in [1.165, 1.54) is 12.1 Å². The van der Waals surface area contributed by atoms with Gasteiger partial charge in [-0.15, -0.1) is 0 Å². The molecule has 84 valence electrons. The van der Waals surface area contributed by atoms with E-state index in [0.717, 1.165) is 22.3 Å². The molecular weight excluding hydrogens is 339 g/mol. The van der Waals surface area contributed by atoms with E-state index in [0.29, 0.717) is 0 Å². The van der Waals surface area contributed by atoms with Crippen LogP contribution in [0.25, 0.3) is 0 Å². The molecule has 1 aromatic heterocycles. The Bertz CT molecular complexity index is 471. The van der Waals surface area contributed by atoms with Crippen LogP contribution in [0.4, 0.5) is 4.39 Å². The Morgan fingerprint density at radius 2 is 2.25 bits per heavy atom. The molecule has 1 heterocycles. The maximum atomic E-state index is 12.9. The number of H-pyrrole nitrogens is 1. The van der Waals surface area contributed by atoms with Crippen molar-refractivity contribution in [2.45, 2.75) is 11.2 Å². The van der Waals surface area contributed by atoms with E-state index in [2.05, 4.69) is 41.8 Å². The van der Waals surface area contributed by atoms with Gasteiger partial charge < -0.3 is 4.98 Å². The molecule has 0 fully saturated rings. The van der Waals surface area contributed by atoms with Gasteiger partial charge in [-0.05, 0) is 17.7 Å². The van der Waals surface area contributed by atoms with E-state index in [-0.39, 0.29) is 10.6 Å². The number of aromatic amines is 1. The van der Waals surface area contributed by atoms with E-state index in [9.17, 15) is 4.39 Å². The van der Waals surface area contributed by atoms with Crippen LogP contribution in [-0.4, -0.2) is 9.97 Å². The number of aromatic nitrogens is 2. The molecule has 1 atom stereocenters. The zero-order valence-corrected chi connectivity index (χ0v) is 11.4. The number of halogens is 3. The SMILES string of the molecule is Fc1ccc(C(Br)Cc2ncc[nH]2)c(Br)c1. The molecule has 2 nitrogen and oxygen atoms in total. The lowest BCUT2D eigenvalue weighted by Gasteiger charge is -2.10. The quantitative estimate of drug-likeness (QED) is 0.835. The molecule has 0 bridgehead atoms. The molecule has 2 aromatic rings. The Morgan fingerprint density at radius 3 is 2.88 bits per heavy atom. The van der Waals surface area contributed by atoms with Crippen LogP contribution in [0, 0.1) is 5.82 Å². The lowest BCUT2D eigenvalue weighted by Crippen LogP contribution is -1.98. The summed E-state index contributed by atoms with van der Waals surface area (Å²) in [6.45, 7) is 0. The van der Waals surface area contributed by atoms with Gasteiger partial charge in [0.2, 0.25) is 0 Å². The zero-order chi connectivity index (χ0) is 11.5. The molecule has 1 aromatic carbocycles. The van der Waals surface area contributed by atoms with Crippen molar-refractivity contribution in [2.24, 2.45) is 0 Å². The Morgan fingerprint density at radius 1 is 1.44 bits per heavy atom. The average molecular weight is 348 g/mol. The molecule has 0 aliphatic heterocycles. The maximum Gasteiger partial charge on any atom is 0.124 e. The van der Waals surface area contributed by atoms with Crippen LogP contribution in [-0.2, 0) is 6.42 Å². The molecule has 0 aliphatic rings. The number of nitrogens with zero attached hydrogens (tertiary/aromatic N) is 1. The fourth-order valence-corrected chi connectivity index (χ4v) is 3.09. The normalized spacial score (nSPS) is 12.7. The zero-order valence-electron chi connectivity index (χ0n) is 8.25. The number of benzene rings is 1. The van der Waals surface area contributed by atoms with Gasteiger partial charge in [0, 0.05) is 28.1 Å². The lowest BCUT2D eigenvalue weighted by atomic mass is 10.1. The molecule has 0 amide bonds. The third kappa shape index (κ3) is 2.71. The van der Waals surface area contributed by atoms with Crippen LogP contribution in [0.5, 0.6) is 0 Å². The van der Waals surface area contributed by atoms with Crippen LogP contribution >= 0.6 is 31.9 Å². The number of alkyl halides is 1. The molecule has 5 heteroatoms. The number of imidazole rings is 1. The standard InChI is InChI=1S/C11H9Br2FN2/c12-9-5-7(14)1-2-8(9)10(13)6-11-15-3-4-16-11/h1-5,10H,6H2,(H,15,16). The van der Waals surface area contributed by atoms with Gasteiger partial charge >= 0.3 is 0 Å². The highest BCUT2D eigenvalue weighted by Crippen LogP contribution is 2.32. The van der Waals surface area contributed by atoms with E-state index in [4.69, 9.17) is 0 Å². The molecule has 0 saturated carbocycles. The first-order valence-electron chi connectivity index (χ1n) is 4.74. The predicted octanol–water partition coefficient (Wildman–Crippen LogP) is 3.99.